The van der Waals surface area contributed by atoms with Gasteiger partial charge >= 0.3 is 0 Å². The molecule has 1 amide bonds. The molecule has 0 fully saturated rings. The van der Waals surface area contributed by atoms with Crippen molar-refractivity contribution in [2.24, 2.45) is 0 Å². The molecule has 0 heterocycles. The van der Waals surface area contributed by atoms with Gasteiger partial charge in [0.1, 0.15) is 12.4 Å². The first kappa shape index (κ1) is 23.3. The summed E-state index contributed by atoms with van der Waals surface area (Å²) in [6.45, 7) is 2.77. The van der Waals surface area contributed by atoms with Crippen LogP contribution in [-0.2, 0) is 11.3 Å². The smallest absolute Gasteiger partial charge is 0.221 e. The van der Waals surface area contributed by atoms with Crippen LogP contribution in [0.1, 0.15) is 12.0 Å². The van der Waals surface area contributed by atoms with Gasteiger partial charge in [0.05, 0.1) is 0 Å². The Morgan fingerprint density at radius 3 is 2.64 bits per heavy atom. The molecule has 22 heavy (non-hydrogen) atoms. The van der Waals surface area contributed by atoms with Crippen molar-refractivity contribution in [3.63, 3.8) is 0 Å². The molecule has 0 aromatic heterocycles. The zero-order valence-electron chi connectivity index (χ0n) is 13.4. The largest absolute Gasteiger partial charge is 0.492 e. The van der Waals surface area contributed by atoms with E-state index in [1.54, 1.807) is 0 Å². The Kier molecular flexibility index (Phi) is 14.4. The summed E-state index contributed by atoms with van der Waals surface area (Å²) in [5.41, 5.74) is 1.05. The van der Waals surface area contributed by atoms with Crippen molar-refractivity contribution < 1.29 is 9.53 Å². The van der Waals surface area contributed by atoms with Crippen molar-refractivity contribution >= 4 is 30.7 Å². The van der Waals surface area contributed by atoms with Gasteiger partial charge in [-0.05, 0) is 38.8 Å². The van der Waals surface area contributed by atoms with Crippen LogP contribution in [0.4, 0.5) is 0 Å². The topological polar surface area (TPSA) is 53.6 Å². The molecule has 0 atom stereocenters. The van der Waals surface area contributed by atoms with E-state index in [1.807, 2.05) is 45.4 Å². The Labute approximate surface area is 145 Å². The van der Waals surface area contributed by atoms with Gasteiger partial charge in [0.15, 0.2) is 0 Å². The van der Waals surface area contributed by atoms with Gasteiger partial charge in [-0.25, -0.2) is 0 Å². The summed E-state index contributed by atoms with van der Waals surface area (Å²) >= 11 is 0. The summed E-state index contributed by atoms with van der Waals surface area (Å²) in [5.74, 6) is 0.895. The van der Waals surface area contributed by atoms with Gasteiger partial charge in [-0.2, -0.15) is 0 Å². The minimum Gasteiger partial charge on any atom is -0.492 e. The van der Waals surface area contributed by atoms with Gasteiger partial charge in [-0.15, -0.1) is 24.8 Å². The zero-order valence-corrected chi connectivity index (χ0v) is 15.1. The molecule has 0 radical (unpaired) electrons. The molecule has 0 saturated carbocycles. The van der Waals surface area contributed by atoms with E-state index >= 15 is 0 Å². The molecule has 0 aliphatic rings. The van der Waals surface area contributed by atoms with Crippen molar-refractivity contribution in [1.29, 1.82) is 0 Å². The maximum atomic E-state index is 11.5. The number of carbonyl (C=O) groups is 1. The molecule has 0 saturated heterocycles. The number of amides is 1. The van der Waals surface area contributed by atoms with E-state index in [4.69, 9.17) is 4.74 Å². The highest BCUT2D eigenvalue weighted by atomic mass is 35.5. The predicted molar refractivity (Wildman–Crippen MR) is 95.4 cm³/mol. The highest BCUT2D eigenvalue weighted by Crippen LogP contribution is 2.13. The second kappa shape index (κ2) is 13.6. The number of carbonyl (C=O) groups excluding carboxylic acids is 1. The van der Waals surface area contributed by atoms with Crippen LogP contribution >= 0.6 is 24.8 Å². The lowest BCUT2D eigenvalue weighted by atomic mass is 10.2. The zero-order chi connectivity index (χ0) is 14.8. The molecule has 2 N–H and O–H groups in total. The van der Waals surface area contributed by atoms with E-state index < -0.39 is 0 Å². The molecule has 0 unspecified atom stereocenters. The first-order valence-corrected chi connectivity index (χ1v) is 6.89. The number of ether oxygens (including phenoxy) is 1. The molecular formula is C15H27Cl2N3O2. The van der Waals surface area contributed by atoms with Gasteiger partial charge < -0.3 is 20.3 Å². The van der Waals surface area contributed by atoms with Crippen LogP contribution in [-0.4, -0.2) is 51.6 Å². The maximum Gasteiger partial charge on any atom is 0.221 e. The van der Waals surface area contributed by atoms with Crippen molar-refractivity contribution in [3.05, 3.63) is 29.8 Å². The number of benzene rings is 1. The van der Waals surface area contributed by atoms with E-state index in [2.05, 4.69) is 15.5 Å². The minimum absolute atomic E-state index is 0. The number of hydrogen-bond acceptors (Lipinski definition) is 4. The van der Waals surface area contributed by atoms with Crippen LogP contribution in [0.25, 0.3) is 0 Å². The third-order valence-electron chi connectivity index (χ3n) is 2.80. The van der Waals surface area contributed by atoms with Crippen molar-refractivity contribution in [1.82, 2.24) is 15.5 Å². The molecule has 0 spiro atoms. The first-order chi connectivity index (χ1) is 9.61. The Morgan fingerprint density at radius 1 is 1.27 bits per heavy atom. The van der Waals surface area contributed by atoms with E-state index in [9.17, 15) is 4.79 Å². The van der Waals surface area contributed by atoms with Crippen molar-refractivity contribution in [2.75, 3.05) is 40.8 Å². The maximum absolute atomic E-state index is 11.5. The quantitative estimate of drug-likeness (QED) is 0.710. The fraction of sp³-hybridized carbons (Fsp3) is 0.533. The first-order valence-electron chi connectivity index (χ1n) is 6.89. The predicted octanol–water partition coefficient (Wildman–Crippen LogP) is 1.70. The molecular weight excluding hydrogens is 325 g/mol. The molecule has 0 aliphatic heterocycles. The van der Waals surface area contributed by atoms with Crippen LogP contribution in [0.2, 0.25) is 0 Å². The molecule has 5 nitrogen and oxygen atoms in total. The second-order valence-corrected chi connectivity index (χ2v) is 4.93. The monoisotopic (exact) mass is 351 g/mol. The lowest BCUT2D eigenvalue weighted by Gasteiger charge is -2.12. The summed E-state index contributed by atoms with van der Waals surface area (Å²) in [4.78, 5) is 13.6. The summed E-state index contributed by atoms with van der Waals surface area (Å²) in [7, 11) is 5.86. The summed E-state index contributed by atoms with van der Waals surface area (Å²) in [6, 6.07) is 7.83. The summed E-state index contributed by atoms with van der Waals surface area (Å²) in [5, 5.41) is 5.85. The summed E-state index contributed by atoms with van der Waals surface area (Å²) < 4.78 is 5.66. The Balaban J connectivity index is 0. The van der Waals surface area contributed by atoms with E-state index in [0.29, 0.717) is 26.1 Å². The van der Waals surface area contributed by atoms with Crippen LogP contribution in [0.3, 0.4) is 0 Å². The van der Waals surface area contributed by atoms with Crippen molar-refractivity contribution in [2.45, 2.75) is 13.0 Å². The Bertz CT molecular complexity index is 418. The Morgan fingerprint density at radius 2 is 2.00 bits per heavy atom. The van der Waals surface area contributed by atoms with Gasteiger partial charge in [0.2, 0.25) is 5.91 Å². The number of nitrogens with one attached hydrogen (secondary N) is 2. The van der Waals surface area contributed by atoms with E-state index in [-0.39, 0.29) is 30.7 Å². The van der Waals surface area contributed by atoms with Crippen molar-refractivity contribution in [3.8, 4) is 5.75 Å². The van der Waals surface area contributed by atoms with Gasteiger partial charge in [0, 0.05) is 26.1 Å². The molecule has 1 rings (SSSR count). The minimum atomic E-state index is 0. The van der Waals surface area contributed by atoms with Gasteiger partial charge in [-0.3, -0.25) is 4.79 Å². The van der Waals surface area contributed by atoms with E-state index in [0.717, 1.165) is 17.9 Å². The molecule has 1 aromatic rings. The van der Waals surface area contributed by atoms with Crippen LogP contribution in [0.5, 0.6) is 5.75 Å². The van der Waals surface area contributed by atoms with Crippen LogP contribution < -0.4 is 15.4 Å². The second-order valence-electron chi connectivity index (χ2n) is 4.93. The molecule has 7 heteroatoms. The SMILES string of the molecule is CNCCC(=O)NCc1cccc(OCCN(C)C)c1.Cl.Cl. The highest BCUT2D eigenvalue weighted by Gasteiger charge is 2.02. The number of halogens is 2. The number of nitrogens with zero attached hydrogens (tertiary/aromatic N) is 1. The highest BCUT2D eigenvalue weighted by molar-refractivity contribution is 5.85. The molecule has 1 aromatic carbocycles. The van der Waals surface area contributed by atoms with Gasteiger partial charge in [-0.1, -0.05) is 12.1 Å². The standard InChI is InChI=1S/C15H25N3O2.2ClH/c1-16-8-7-15(19)17-12-13-5-4-6-14(11-13)20-10-9-18(2)3;;/h4-6,11,16H,7-10,12H2,1-3H3,(H,17,19);2*1H. The average molecular weight is 352 g/mol. The molecule has 0 aliphatic carbocycles. The number of likely N-dealkylation sites (N-methyl/N-ethyl adjacent to an activating group) is 1. The fourth-order valence-corrected chi connectivity index (χ4v) is 1.62. The summed E-state index contributed by atoms with van der Waals surface area (Å²) in [6.07, 6.45) is 0.496. The van der Waals surface area contributed by atoms with Crippen LogP contribution in [0, 0.1) is 0 Å². The normalized spacial score (nSPS) is 9.64. The molecule has 128 valence electrons. The van der Waals surface area contributed by atoms with Crippen LogP contribution in [0.15, 0.2) is 24.3 Å². The Hall–Kier alpha value is -1.01. The lowest BCUT2D eigenvalue weighted by Crippen LogP contribution is -2.26. The third kappa shape index (κ3) is 10.7. The fourth-order valence-electron chi connectivity index (χ4n) is 1.62. The third-order valence-corrected chi connectivity index (χ3v) is 2.80. The van der Waals surface area contributed by atoms with E-state index in [1.165, 1.54) is 0 Å². The lowest BCUT2D eigenvalue weighted by molar-refractivity contribution is -0.121. The van der Waals surface area contributed by atoms with Gasteiger partial charge in [0.25, 0.3) is 0 Å². The molecule has 0 bridgehead atoms. The number of hydrogen-bond donors (Lipinski definition) is 2. The number of rotatable bonds is 9. The average Bonchev–Trinajstić information content (AvgIpc) is 2.43.